The number of nitrogens with two attached hydrogens (primary N) is 1. The van der Waals surface area contributed by atoms with E-state index in [0.29, 0.717) is 0 Å². The van der Waals surface area contributed by atoms with Crippen molar-refractivity contribution in [3.05, 3.63) is 60.7 Å². The number of primary amides is 1. The topological polar surface area (TPSA) is 197 Å². The van der Waals surface area contributed by atoms with E-state index in [-0.39, 0.29) is 31.5 Å². The Bertz CT molecular complexity index is 1620. The van der Waals surface area contributed by atoms with Crippen LogP contribution in [0.1, 0.15) is 87.5 Å². The monoisotopic (exact) mass is 765 g/mol. The van der Waals surface area contributed by atoms with Crippen molar-refractivity contribution in [2.24, 2.45) is 17.6 Å². The highest BCUT2D eigenvalue weighted by molar-refractivity contribution is 6.99. The van der Waals surface area contributed by atoms with Crippen molar-refractivity contribution >= 4 is 59.9 Å². The van der Waals surface area contributed by atoms with Crippen molar-refractivity contribution in [3.8, 4) is 0 Å². The quantitative estimate of drug-likeness (QED) is 0.239. The summed E-state index contributed by atoms with van der Waals surface area (Å²) in [5.74, 6) is -6.80. The van der Waals surface area contributed by atoms with E-state index in [1.165, 1.54) is 27.7 Å². The Morgan fingerprint density at radius 3 is 1.85 bits per heavy atom. The van der Waals surface area contributed by atoms with E-state index in [1.54, 1.807) is 6.92 Å². The first-order chi connectivity index (χ1) is 25.3. The van der Waals surface area contributed by atoms with Gasteiger partial charge in [0, 0.05) is 31.6 Å². The molecule has 7 atom stereocenters. The van der Waals surface area contributed by atoms with Gasteiger partial charge in [0.25, 0.3) is 8.32 Å². The third-order valence-corrected chi connectivity index (χ3v) is 14.9. The highest BCUT2D eigenvalue weighted by atomic mass is 28.4. The van der Waals surface area contributed by atoms with E-state index in [9.17, 15) is 33.6 Å². The van der Waals surface area contributed by atoms with Crippen LogP contribution in [-0.4, -0.2) is 79.9 Å². The van der Waals surface area contributed by atoms with E-state index < -0.39 is 97.5 Å². The number of carbonyl (C=O) groups excluding carboxylic acids is 7. The summed E-state index contributed by atoms with van der Waals surface area (Å²) in [4.78, 5) is 91.7. The normalized spacial score (nSPS) is 23.6. The van der Waals surface area contributed by atoms with Crippen molar-refractivity contribution in [1.82, 2.24) is 10.6 Å². The third kappa shape index (κ3) is 11.2. The van der Waals surface area contributed by atoms with Crippen LogP contribution < -0.4 is 26.7 Å². The van der Waals surface area contributed by atoms with Gasteiger partial charge in [-0.3, -0.25) is 28.8 Å². The molecule has 3 rings (SSSR count). The Morgan fingerprint density at radius 1 is 0.889 bits per heavy atom. The van der Waals surface area contributed by atoms with Gasteiger partial charge in [-0.25, -0.2) is 0 Å². The molecule has 294 valence electrons. The van der Waals surface area contributed by atoms with Crippen LogP contribution in [0.5, 0.6) is 0 Å². The summed E-state index contributed by atoms with van der Waals surface area (Å²) in [6.07, 6.45) is -4.16. The number of rotatable bonds is 10. The summed E-state index contributed by atoms with van der Waals surface area (Å²) in [6, 6.07) is 16.8. The van der Waals surface area contributed by atoms with Gasteiger partial charge in [0.2, 0.25) is 17.7 Å². The van der Waals surface area contributed by atoms with Crippen LogP contribution in [0.4, 0.5) is 0 Å². The van der Waals surface area contributed by atoms with E-state index in [1.807, 2.05) is 60.7 Å². The lowest BCUT2D eigenvalue weighted by Gasteiger charge is -2.45. The van der Waals surface area contributed by atoms with Crippen molar-refractivity contribution in [3.63, 3.8) is 0 Å². The summed E-state index contributed by atoms with van der Waals surface area (Å²) in [7, 11) is -3.19. The molecule has 4 N–H and O–H groups in total. The lowest BCUT2D eigenvalue weighted by atomic mass is 9.93. The van der Waals surface area contributed by atoms with Gasteiger partial charge in [-0.1, -0.05) is 88.4 Å². The lowest BCUT2D eigenvalue weighted by molar-refractivity contribution is -0.154. The van der Waals surface area contributed by atoms with Crippen molar-refractivity contribution in [1.29, 1.82) is 0 Å². The number of Topliss-reactive ketones (excluding diaryl/α,β-unsaturated/α-hetero) is 2. The predicted octanol–water partition coefficient (Wildman–Crippen LogP) is 2.64. The summed E-state index contributed by atoms with van der Waals surface area (Å²) < 4.78 is 18.0. The fourth-order valence-corrected chi connectivity index (χ4v) is 11.6. The second-order valence-electron chi connectivity index (χ2n) is 15.2. The number of carbonyl (C=O) groups is 7. The van der Waals surface area contributed by atoms with Crippen LogP contribution in [0.15, 0.2) is 60.7 Å². The number of ketones is 2. The standard InChI is InChI=1S/C40H55N3O10Si/c1-24-22-32(45)35(27(4)51-33(46)20-15-21-34(47)52-28(5)36(37(41)48)43-38(24)49)42-39(50)31(23-25(2)44)26(3)53-54(40(6,7)8,29-16-11-9-12-17-29)30-18-13-10-14-19-30/h9-14,16-19,24,26-28,31,35-36H,15,20-23H2,1-8H3,(H2,41,48)(H,42,50)(H,43,49)/t24-,26?,27?,28?,31+,35+,36+/m1/s1. The van der Waals surface area contributed by atoms with Gasteiger partial charge < -0.3 is 35.1 Å². The minimum absolute atomic E-state index is 0.0322. The average molecular weight is 766 g/mol. The molecule has 13 nitrogen and oxygen atoms in total. The summed E-state index contributed by atoms with van der Waals surface area (Å²) >= 11 is 0. The molecule has 1 fully saturated rings. The molecular formula is C40H55N3O10Si. The van der Waals surface area contributed by atoms with Crippen LogP contribution in [0, 0.1) is 11.8 Å². The maximum absolute atomic E-state index is 14.4. The van der Waals surface area contributed by atoms with E-state index in [4.69, 9.17) is 19.6 Å². The molecule has 0 spiro atoms. The van der Waals surface area contributed by atoms with E-state index in [2.05, 4.69) is 31.4 Å². The molecule has 54 heavy (non-hydrogen) atoms. The first-order valence-electron chi connectivity index (χ1n) is 18.4. The Morgan fingerprint density at radius 2 is 1.39 bits per heavy atom. The van der Waals surface area contributed by atoms with Crippen LogP contribution in [0.3, 0.4) is 0 Å². The maximum atomic E-state index is 14.4. The second kappa shape index (κ2) is 19.1. The minimum atomic E-state index is -3.19. The Hall–Kier alpha value is -4.69. The van der Waals surface area contributed by atoms with Crippen molar-refractivity contribution < 1.29 is 47.5 Å². The second-order valence-corrected chi connectivity index (χ2v) is 19.4. The average Bonchev–Trinajstić information content (AvgIpc) is 3.09. The predicted molar refractivity (Wildman–Crippen MR) is 204 cm³/mol. The number of amides is 3. The molecule has 2 aromatic rings. The fourth-order valence-electron chi connectivity index (χ4n) is 6.84. The van der Waals surface area contributed by atoms with E-state index >= 15 is 0 Å². The molecule has 14 heteroatoms. The Kier molecular flexibility index (Phi) is 15.4. The number of benzene rings is 2. The number of ether oxygens (including phenoxy) is 2. The Balaban J connectivity index is 2.01. The number of hydrogen-bond acceptors (Lipinski definition) is 10. The molecule has 0 bridgehead atoms. The molecule has 1 heterocycles. The molecular weight excluding hydrogens is 711 g/mol. The van der Waals surface area contributed by atoms with Gasteiger partial charge in [-0.05, 0) is 49.5 Å². The van der Waals surface area contributed by atoms with Gasteiger partial charge in [-0.15, -0.1) is 0 Å². The summed E-state index contributed by atoms with van der Waals surface area (Å²) in [6.45, 7) is 13.7. The zero-order valence-electron chi connectivity index (χ0n) is 32.5. The van der Waals surface area contributed by atoms with E-state index in [0.717, 1.165) is 10.4 Å². The molecule has 0 radical (unpaired) electrons. The zero-order valence-corrected chi connectivity index (χ0v) is 33.5. The van der Waals surface area contributed by atoms with Gasteiger partial charge in [0.1, 0.15) is 30.1 Å². The van der Waals surface area contributed by atoms with Gasteiger partial charge in [-0.2, -0.15) is 0 Å². The summed E-state index contributed by atoms with van der Waals surface area (Å²) in [5, 5.41) is 6.71. The Labute approximate surface area is 318 Å². The SMILES string of the molecule is CC(=O)C[C@H](C(=O)N[C@@H]1C(=O)C[C@@H](C)C(=O)N[C@H](C(N)=O)C(C)OC(=O)CCCC(=O)OC1C)C(C)O[Si](c1ccccc1)(c1ccccc1)C(C)(C)C. The molecule has 1 aliphatic rings. The smallest absolute Gasteiger partial charge is 0.306 e. The third-order valence-electron chi connectivity index (χ3n) is 9.73. The number of esters is 2. The molecule has 1 saturated heterocycles. The number of hydrogen-bond donors (Lipinski definition) is 3. The fraction of sp³-hybridized carbons (Fsp3) is 0.525. The summed E-state index contributed by atoms with van der Waals surface area (Å²) in [5.41, 5.74) is 5.50. The largest absolute Gasteiger partial charge is 0.460 e. The van der Waals surface area contributed by atoms with Gasteiger partial charge in [0.05, 0.1) is 12.0 Å². The lowest BCUT2D eigenvalue weighted by Crippen LogP contribution is -2.68. The number of cyclic esters (lactones) is 2. The van der Waals surface area contributed by atoms with Crippen LogP contribution in [0.2, 0.25) is 5.04 Å². The van der Waals surface area contributed by atoms with Crippen LogP contribution >= 0.6 is 0 Å². The highest BCUT2D eigenvalue weighted by Gasteiger charge is 2.52. The van der Waals surface area contributed by atoms with Crippen LogP contribution in [0.25, 0.3) is 0 Å². The molecule has 3 unspecified atom stereocenters. The van der Waals surface area contributed by atoms with Crippen molar-refractivity contribution in [2.45, 2.75) is 123 Å². The molecule has 2 aromatic carbocycles. The molecule has 0 aliphatic carbocycles. The van der Waals surface area contributed by atoms with Crippen LogP contribution in [-0.2, 0) is 47.5 Å². The molecule has 1 aliphatic heterocycles. The first-order valence-corrected chi connectivity index (χ1v) is 20.3. The minimum Gasteiger partial charge on any atom is -0.460 e. The zero-order chi connectivity index (χ0) is 40.4. The molecule has 3 amide bonds. The van der Waals surface area contributed by atoms with Crippen molar-refractivity contribution in [2.75, 3.05) is 0 Å². The first kappa shape index (κ1) is 43.7. The van der Waals surface area contributed by atoms with Gasteiger partial charge >= 0.3 is 11.9 Å². The maximum Gasteiger partial charge on any atom is 0.306 e. The molecule has 0 aromatic heterocycles. The number of nitrogens with one attached hydrogen (secondary N) is 2. The highest BCUT2D eigenvalue weighted by Crippen LogP contribution is 2.38. The van der Waals surface area contributed by atoms with Gasteiger partial charge in [0.15, 0.2) is 5.78 Å². The molecule has 0 saturated carbocycles.